The maximum absolute atomic E-state index is 13.3. The molecule has 0 aromatic heterocycles. The first-order chi connectivity index (χ1) is 15.8. The zero-order chi connectivity index (χ0) is 24.0. The van der Waals surface area contributed by atoms with E-state index in [1.807, 2.05) is 36.4 Å². The van der Waals surface area contributed by atoms with E-state index in [-0.39, 0.29) is 17.3 Å². The molecule has 0 radical (unpaired) electrons. The molecule has 2 unspecified atom stereocenters. The number of carbonyl (C=O) groups excluding carboxylic acids is 3. The normalized spacial score (nSPS) is 13.6. The molecule has 0 bridgehead atoms. The number of Topliss-reactive ketones (excluding diaryl/α,β-unsaturated/α-hetero) is 1. The molecule has 3 aromatic carbocycles. The minimum Gasteiger partial charge on any atom is -0.480 e. The van der Waals surface area contributed by atoms with Crippen LogP contribution >= 0.6 is 11.8 Å². The lowest BCUT2D eigenvalue weighted by Gasteiger charge is -2.23. The molecule has 33 heavy (non-hydrogen) atoms. The predicted octanol–water partition coefficient (Wildman–Crippen LogP) is 4.12. The number of rotatable bonds is 9. The van der Waals surface area contributed by atoms with Gasteiger partial charge in [0.15, 0.2) is 10.9 Å². The Morgan fingerprint density at radius 3 is 2.18 bits per heavy atom. The van der Waals surface area contributed by atoms with Crippen molar-refractivity contribution < 1.29 is 24.3 Å². The second-order valence-corrected chi connectivity index (χ2v) is 9.15. The van der Waals surface area contributed by atoms with Crippen LogP contribution in [0.3, 0.4) is 0 Å². The first kappa shape index (κ1) is 24.2. The third-order valence-corrected chi connectivity index (χ3v) is 6.56. The molecule has 6 nitrogen and oxygen atoms in total. The summed E-state index contributed by atoms with van der Waals surface area (Å²) in [5.41, 5.74) is 1.16. The Hall–Kier alpha value is -3.45. The fraction of sp³-hybridized carbons (Fsp3) is 0.231. The second-order valence-electron chi connectivity index (χ2n) is 7.83. The minimum absolute atomic E-state index is 0.109. The second kappa shape index (κ2) is 10.9. The van der Waals surface area contributed by atoms with Gasteiger partial charge in [-0.1, -0.05) is 85.4 Å². The first-order valence-corrected chi connectivity index (χ1v) is 11.4. The van der Waals surface area contributed by atoms with Gasteiger partial charge >= 0.3 is 5.97 Å². The predicted molar refractivity (Wildman–Crippen MR) is 129 cm³/mol. The van der Waals surface area contributed by atoms with Crippen LogP contribution in [0.15, 0.2) is 72.8 Å². The molecule has 170 valence electrons. The molecule has 0 aliphatic carbocycles. The summed E-state index contributed by atoms with van der Waals surface area (Å²) in [4.78, 5) is 49.9. The Labute approximate surface area is 196 Å². The van der Waals surface area contributed by atoms with Crippen molar-refractivity contribution in [1.82, 2.24) is 5.32 Å². The van der Waals surface area contributed by atoms with E-state index >= 15 is 0 Å². The standard InChI is InChI=1S/C26H25NO5S/c1-16(25(30)27-22(26(31)32)14-18-8-4-3-5-9-18)24(33-17(2)28)23(29)21-13-12-19-10-6-7-11-20(19)15-21/h3-13,15-16,22,24H,14H2,1-2H3,(H,27,30)(H,31,32)/t16?,22-,24?/m0/s1. The summed E-state index contributed by atoms with van der Waals surface area (Å²) >= 11 is 0.787. The molecule has 0 saturated carbocycles. The fourth-order valence-electron chi connectivity index (χ4n) is 3.56. The number of carboxylic acids is 1. The Balaban J connectivity index is 1.81. The van der Waals surface area contributed by atoms with Crippen molar-refractivity contribution in [2.24, 2.45) is 5.92 Å². The van der Waals surface area contributed by atoms with E-state index < -0.39 is 29.1 Å². The first-order valence-electron chi connectivity index (χ1n) is 10.5. The van der Waals surface area contributed by atoms with Crippen LogP contribution in [0.4, 0.5) is 0 Å². The molecule has 2 N–H and O–H groups in total. The molecular formula is C26H25NO5S. The molecule has 0 aliphatic rings. The van der Waals surface area contributed by atoms with Crippen molar-refractivity contribution in [3.63, 3.8) is 0 Å². The molecular weight excluding hydrogens is 438 g/mol. The van der Waals surface area contributed by atoms with Gasteiger partial charge in [-0.15, -0.1) is 0 Å². The highest BCUT2D eigenvalue weighted by Crippen LogP contribution is 2.27. The number of fused-ring (bicyclic) bond motifs is 1. The highest BCUT2D eigenvalue weighted by molar-refractivity contribution is 8.14. The van der Waals surface area contributed by atoms with Gasteiger partial charge in [-0.2, -0.15) is 0 Å². The van der Waals surface area contributed by atoms with Gasteiger partial charge < -0.3 is 10.4 Å². The van der Waals surface area contributed by atoms with Crippen molar-refractivity contribution in [3.8, 4) is 0 Å². The molecule has 3 atom stereocenters. The van der Waals surface area contributed by atoms with Gasteiger partial charge in [0, 0.05) is 18.9 Å². The zero-order valence-electron chi connectivity index (χ0n) is 18.4. The van der Waals surface area contributed by atoms with Crippen LogP contribution in [0.2, 0.25) is 0 Å². The molecule has 0 aliphatic heterocycles. The highest BCUT2D eigenvalue weighted by atomic mass is 32.2. The van der Waals surface area contributed by atoms with Gasteiger partial charge in [-0.05, 0) is 22.4 Å². The maximum atomic E-state index is 13.3. The number of hydrogen-bond acceptors (Lipinski definition) is 5. The lowest BCUT2D eigenvalue weighted by Crippen LogP contribution is -2.47. The summed E-state index contributed by atoms with van der Waals surface area (Å²) < 4.78 is 0. The molecule has 0 saturated heterocycles. The number of nitrogens with one attached hydrogen (secondary N) is 1. The van der Waals surface area contributed by atoms with Gasteiger partial charge in [-0.3, -0.25) is 14.4 Å². The number of hydrogen-bond donors (Lipinski definition) is 2. The smallest absolute Gasteiger partial charge is 0.326 e. The van der Waals surface area contributed by atoms with Gasteiger partial charge in [0.05, 0.1) is 11.2 Å². The summed E-state index contributed by atoms with van der Waals surface area (Å²) in [7, 11) is 0. The SMILES string of the molecule is CC(=O)SC(C(=O)c1ccc2ccccc2c1)C(C)C(=O)N[C@@H](Cc1ccccc1)C(=O)O. The van der Waals surface area contributed by atoms with Crippen molar-refractivity contribution in [1.29, 1.82) is 0 Å². The van der Waals surface area contributed by atoms with E-state index in [1.54, 1.807) is 36.4 Å². The number of amides is 1. The third kappa shape index (κ3) is 6.29. The van der Waals surface area contributed by atoms with Crippen LogP contribution in [0.5, 0.6) is 0 Å². The molecule has 0 heterocycles. The maximum Gasteiger partial charge on any atom is 0.326 e. The lowest BCUT2D eigenvalue weighted by atomic mass is 9.96. The third-order valence-electron chi connectivity index (χ3n) is 5.35. The Morgan fingerprint density at radius 2 is 1.55 bits per heavy atom. The van der Waals surface area contributed by atoms with Crippen LogP contribution in [-0.4, -0.2) is 39.2 Å². The van der Waals surface area contributed by atoms with Crippen LogP contribution in [0, 0.1) is 5.92 Å². The van der Waals surface area contributed by atoms with E-state index in [9.17, 15) is 24.3 Å². The summed E-state index contributed by atoms with van der Waals surface area (Å²) in [5, 5.41) is 12.7. The van der Waals surface area contributed by atoms with Crippen molar-refractivity contribution in [2.75, 3.05) is 0 Å². The summed E-state index contributed by atoms with van der Waals surface area (Å²) in [5.74, 6) is -3.03. The summed E-state index contributed by atoms with van der Waals surface area (Å²) in [6, 6.07) is 20.6. The van der Waals surface area contributed by atoms with Crippen LogP contribution in [0.25, 0.3) is 10.8 Å². The van der Waals surface area contributed by atoms with Crippen LogP contribution in [-0.2, 0) is 20.8 Å². The lowest BCUT2D eigenvalue weighted by molar-refractivity contribution is -0.142. The fourth-order valence-corrected chi connectivity index (χ4v) is 4.49. The quantitative estimate of drug-likeness (QED) is 0.463. The molecule has 3 rings (SSSR count). The topological polar surface area (TPSA) is 101 Å². The molecule has 0 spiro atoms. The van der Waals surface area contributed by atoms with Crippen LogP contribution in [0.1, 0.15) is 29.8 Å². The van der Waals surface area contributed by atoms with E-state index in [4.69, 9.17) is 0 Å². The van der Waals surface area contributed by atoms with Gasteiger partial charge in [0.1, 0.15) is 6.04 Å². The Bertz CT molecular complexity index is 1180. The van der Waals surface area contributed by atoms with Crippen molar-refractivity contribution >= 4 is 45.3 Å². The number of ketones is 1. The average Bonchev–Trinajstić information content (AvgIpc) is 2.81. The number of thioether (sulfide) groups is 1. The van der Waals surface area contributed by atoms with E-state index in [0.717, 1.165) is 28.1 Å². The van der Waals surface area contributed by atoms with Gasteiger partial charge in [0.25, 0.3) is 0 Å². The van der Waals surface area contributed by atoms with E-state index in [0.29, 0.717) is 5.56 Å². The summed E-state index contributed by atoms with van der Waals surface area (Å²) in [6.07, 6.45) is 0.109. The highest BCUT2D eigenvalue weighted by Gasteiger charge is 2.34. The van der Waals surface area contributed by atoms with Crippen molar-refractivity contribution in [2.45, 2.75) is 31.6 Å². The van der Waals surface area contributed by atoms with E-state index in [1.165, 1.54) is 13.8 Å². The Morgan fingerprint density at radius 1 is 0.909 bits per heavy atom. The van der Waals surface area contributed by atoms with Gasteiger partial charge in [0.2, 0.25) is 5.91 Å². The zero-order valence-corrected chi connectivity index (χ0v) is 19.2. The molecule has 7 heteroatoms. The monoisotopic (exact) mass is 463 g/mol. The largest absolute Gasteiger partial charge is 0.480 e. The van der Waals surface area contributed by atoms with Crippen molar-refractivity contribution in [3.05, 3.63) is 83.9 Å². The Kier molecular flexibility index (Phi) is 8.01. The van der Waals surface area contributed by atoms with Crippen LogP contribution < -0.4 is 5.32 Å². The molecule has 1 amide bonds. The summed E-state index contributed by atoms with van der Waals surface area (Å²) in [6.45, 7) is 2.88. The molecule has 3 aromatic rings. The minimum atomic E-state index is -1.17. The van der Waals surface area contributed by atoms with E-state index in [2.05, 4.69) is 5.32 Å². The number of aliphatic carboxylic acids is 1. The van der Waals surface area contributed by atoms with Gasteiger partial charge in [-0.25, -0.2) is 4.79 Å². The molecule has 0 fully saturated rings. The number of carboxylic acid groups (broad SMARTS) is 1. The number of carbonyl (C=O) groups is 4. The average molecular weight is 464 g/mol. The number of benzene rings is 3.